The Balaban J connectivity index is 1.20. The van der Waals surface area contributed by atoms with E-state index in [9.17, 15) is 0 Å². The van der Waals surface area contributed by atoms with Gasteiger partial charge >= 0.3 is 0 Å². The summed E-state index contributed by atoms with van der Waals surface area (Å²) >= 11 is 0. The van der Waals surface area contributed by atoms with Crippen LogP contribution in [0.4, 0.5) is 45.5 Å². The SMILES string of the molecule is Cc1cc(Cc2ccc(N)c(C)c2Cc2cc(Cc3cc(C)c(N)c(CNc4ccc(N(C)c5ccc(N)cc5)cc4)c3)cc(C)c2N)ccc1N. The lowest BCUT2D eigenvalue weighted by Gasteiger charge is -2.20. The summed E-state index contributed by atoms with van der Waals surface area (Å²) in [7, 11) is 2.05. The standard InChI is InChI=1S/C45H51N7/c1-27-18-31(6-16-42(27)47)22-34-7-17-43(48)30(4)41(34)25-35-23-32(19-28(2)44(35)49)21-33-20-29(3)45(50)36(24-33)26-51-38-10-14-40(15-11-38)52(5)39-12-8-37(46)9-13-39/h6-20,23-24,51H,21-22,25-26,46-50H2,1-5H3. The molecule has 6 aromatic rings. The Bertz CT molecular complexity index is 2220. The first-order valence-corrected chi connectivity index (χ1v) is 17.8. The molecule has 0 fully saturated rings. The van der Waals surface area contributed by atoms with Crippen LogP contribution in [0.5, 0.6) is 0 Å². The van der Waals surface area contributed by atoms with Crippen LogP contribution in [0.15, 0.2) is 103 Å². The molecule has 0 saturated heterocycles. The van der Waals surface area contributed by atoms with Gasteiger partial charge in [-0.05, 0) is 162 Å². The molecule has 0 amide bonds. The Labute approximate surface area is 308 Å². The molecule has 0 spiro atoms. The summed E-state index contributed by atoms with van der Waals surface area (Å²) < 4.78 is 0. The number of aryl methyl sites for hydroxylation is 3. The van der Waals surface area contributed by atoms with Crippen molar-refractivity contribution >= 4 is 45.5 Å². The maximum Gasteiger partial charge on any atom is 0.0421 e. The van der Waals surface area contributed by atoms with Gasteiger partial charge < -0.3 is 38.9 Å². The minimum atomic E-state index is 0.616. The van der Waals surface area contributed by atoms with Crippen molar-refractivity contribution in [2.45, 2.75) is 53.5 Å². The number of hydrogen-bond donors (Lipinski definition) is 6. The zero-order chi connectivity index (χ0) is 37.1. The van der Waals surface area contributed by atoms with E-state index in [0.717, 1.165) is 91.7 Å². The second-order valence-corrected chi connectivity index (χ2v) is 14.2. The average molecular weight is 690 g/mol. The molecule has 6 rings (SSSR count). The third kappa shape index (κ3) is 7.94. The van der Waals surface area contributed by atoms with Crippen LogP contribution in [0, 0.1) is 27.7 Å². The predicted molar refractivity (Wildman–Crippen MR) is 223 cm³/mol. The maximum absolute atomic E-state index is 6.77. The van der Waals surface area contributed by atoms with Gasteiger partial charge in [-0.2, -0.15) is 0 Å². The van der Waals surface area contributed by atoms with E-state index in [1.807, 2.05) is 50.4 Å². The van der Waals surface area contributed by atoms with Crippen molar-refractivity contribution in [2.24, 2.45) is 0 Å². The Kier molecular flexibility index (Phi) is 10.3. The number of anilines is 8. The molecule has 0 unspecified atom stereocenters. The fourth-order valence-electron chi connectivity index (χ4n) is 6.99. The van der Waals surface area contributed by atoms with Crippen LogP contribution in [-0.2, 0) is 25.8 Å². The van der Waals surface area contributed by atoms with E-state index in [4.69, 9.17) is 28.7 Å². The third-order valence-corrected chi connectivity index (χ3v) is 10.3. The van der Waals surface area contributed by atoms with Crippen LogP contribution in [0.25, 0.3) is 0 Å². The van der Waals surface area contributed by atoms with Crippen molar-refractivity contribution in [3.63, 3.8) is 0 Å². The highest BCUT2D eigenvalue weighted by atomic mass is 15.1. The van der Waals surface area contributed by atoms with Crippen LogP contribution in [0.2, 0.25) is 0 Å². The minimum absolute atomic E-state index is 0.616. The number of nitrogens with two attached hydrogens (primary N) is 5. The van der Waals surface area contributed by atoms with Gasteiger partial charge in [0.2, 0.25) is 0 Å². The summed E-state index contributed by atoms with van der Waals surface area (Å²) in [6.45, 7) is 8.94. The molecule has 7 heteroatoms. The Morgan fingerprint density at radius 3 is 1.69 bits per heavy atom. The summed E-state index contributed by atoms with van der Waals surface area (Å²) in [4.78, 5) is 2.14. The molecule has 7 nitrogen and oxygen atoms in total. The first kappa shape index (κ1) is 35.7. The van der Waals surface area contributed by atoms with E-state index in [-0.39, 0.29) is 0 Å². The van der Waals surface area contributed by atoms with Gasteiger partial charge in [0.1, 0.15) is 0 Å². The lowest BCUT2D eigenvalue weighted by molar-refractivity contribution is 1.06. The van der Waals surface area contributed by atoms with Crippen molar-refractivity contribution < 1.29 is 0 Å². The van der Waals surface area contributed by atoms with E-state index in [0.29, 0.717) is 13.0 Å². The van der Waals surface area contributed by atoms with Gasteiger partial charge in [-0.15, -0.1) is 0 Å². The van der Waals surface area contributed by atoms with Crippen LogP contribution in [0.1, 0.15) is 61.2 Å². The highest BCUT2D eigenvalue weighted by Crippen LogP contribution is 2.32. The summed E-state index contributed by atoms with van der Waals surface area (Å²) in [5.74, 6) is 0. The molecule has 0 aromatic heterocycles. The Hall–Kier alpha value is -6.08. The van der Waals surface area contributed by atoms with Crippen molar-refractivity contribution in [3.05, 3.63) is 164 Å². The normalized spacial score (nSPS) is 11.1. The lowest BCUT2D eigenvalue weighted by Crippen LogP contribution is -2.10. The van der Waals surface area contributed by atoms with Gasteiger partial charge in [-0.25, -0.2) is 0 Å². The summed E-state index contributed by atoms with van der Waals surface area (Å²) in [5.41, 5.74) is 51.6. The average Bonchev–Trinajstić information content (AvgIpc) is 3.12. The highest BCUT2D eigenvalue weighted by Gasteiger charge is 2.15. The highest BCUT2D eigenvalue weighted by molar-refractivity contribution is 5.67. The van der Waals surface area contributed by atoms with E-state index in [1.54, 1.807) is 0 Å². The molecule has 0 saturated carbocycles. The molecular formula is C45H51N7. The van der Waals surface area contributed by atoms with E-state index in [1.165, 1.54) is 27.8 Å². The van der Waals surface area contributed by atoms with Crippen LogP contribution < -0.4 is 38.9 Å². The third-order valence-electron chi connectivity index (χ3n) is 10.3. The molecule has 0 heterocycles. The summed E-state index contributed by atoms with van der Waals surface area (Å²) in [5, 5.41) is 3.58. The Morgan fingerprint density at radius 1 is 0.500 bits per heavy atom. The van der Waals surface area contributed by atoms with Crippen molar-refractivity contribution in [1.29, 1.82) is 0 Å². The molecule has 11 N–H and O–H groups in total. The van der Waals surface area contributed by atoms with Crippen molar-refractivity contribution in [3.8, 4) is 0 Å². The fourth-order valence-corrected chi connectivity index (χ4v) is 6.99. The number of nitrogens with one attached hydrogen (secondary N) is 1. The number of nitrogen functional groups attached to an aromatic ring is 5. The smallest absolute Gasteiger partial charge is 0.0421 e. The first-order valence-electron chi connectivity index (χ1n) is 17.8. The molecule has 52 heavy (non-hydrogen) atoms. The van der Waals surface area contributed by atoms with Gasteiger partial charge in [0.05, 0.1) is 0 Å². The van der Waals surface area contributed by atoms with Gasteiger partial charge in [0.15, 0.2) is 0 Å². The molecule has 0 atom stereocenters. The molecule has 266 valence electrons. The number of hydrogen-bond acceptors (Lipinski definition) is 7. The molecule has 0 aliphatic heterocycles. The predicted octanol–water partition coefficient (Wildman–Crippen LogP) is 8.98. The van der Waals surface area contributed by atoms with Crippen molar-refractivity contribution in [1.82, 2.24) is 0 Å². The summed E-state index contributed by atoms with van der Waals surface area (Å²) in [6, 6.07) is 35.6. The number of nitrogens with zero attached hydrogens (tertiary/aromatic N) is 1. The number of benzene rings is 6. The van der Waals surface area contributed by atoms with Gasteiger partial charge in [0, 0.05) is 65.5 Å². The van der Waals surface area contributed by atoms with Crippen LogP contribution in [-0.4, -0.2) is 7.05 Å². The quantitative estimate of drug-likeness (QED) is 0.0745. The van der Waals surface area contributed by atoms with Crippen molar-refractivity contribution in [2.75, 3.05) is 45.9 Å². The van der Waals surface area contributed by atoms with Gasteiger partial charge in [0.25, 0.3) is 0 Å². The lowest BCUT2D eigenvalue weighted by atomic mass is 9.88. The fraction of sp³-hybridized carbons (Fsp3) is 0.200. The molecule has 0 radical (unpaired) electrons. The molecular weight excluding hydrogens is 639 g/mol. The van der Waals surface area contributed by atoms with E-state index in [2.05, 4.69) is 97.7 Å². The van der Waals surface area contributed by atoms with E-state index < -0.39 is 0 Å². The monoisotopic (exact) mass is 689 g/mol. The zero-order valence-corrected chi connectivity index (χ0v) is 31.0. The maximum atomic E-state index is 6.77. The van der Waals surface area contributed by atoms with Crippen LogP contribution >= 0.6 is 0 Å². The summed E-state index contributed by atoms with van der Waals surface area (Å²) in [6.07, 6.45) is 2.26. The zero-order valence-electron chi connectivity index (χ0n) is 31.0. The second kappa shape index (κ2) is 15.0. The Morgan fingerprint density at radius 2 is 1.06 bits per heavy atom. The minimum Gasteiger partial charge on any atom is -0.399 e. The molecule has 0 aliphatic carbocycles. The van der Waals surface area contributed by atoms with Gasteiger partial charge in [-0.1, -0.05) is 42.5 Å². The number of rotatable bonds is 11. The first-order chi connectivity index (χ1) is 24.9. The van der Waals surface area contributed by atoms with E-state index >= 15 is 0 Å². The second-order valence-electron chi connectivity index (χ2n) is 14.2. The van der Waals surface area contributed by atoms with Gasteiger partial charge in [-0.3, -0.25) is 0 Å². The largest absolute Gasteiger partial charge is 0.399 e. The van der Waals surface area contributed by atoms with Crippen LogP contribution in [0.3, 0.4) is 0 Å². The molecule has 6 aromatic carbocycles. The molecule has 0 aliphatic rings. The molecule has 0 bridgehead atoms. The topological polar surface area (TPSA) is 145 Å².